The molecule has 0 aromatic heterocycles. The topological polar surface area (TPSA) is 141 Å². The monoisotopic (exact) mass is 466 g/mol. The minimum absolute atomic E-state index is 0.0554. The Morgan fingerprint density at radius 3 is 2.35 bits per heavy atom. The molecule has 1 amide bonds. The summed E-state index contributed by atoms with van der Waals surface area (Å²) >= 11 is -2.24. The molecule has 11 heteroatoms. The van der Waals surface area contributed by atoms with Crippen molar-refractivity contribution in [1.29, 1.82) is 0 Å². The molecule has 1 fully saturated rings. The van der Waals surface area contributed by atoms with Crippen molar-refractivity contribution in [3.8, 4) is 0 Å². The quantitative estimate of drug-likeness (QED) is 0.497. The highest BCUT2D eigenvalue weighted by molar-refractivity contribution is 7.89. The number of benzene rings is 2. The third-order valence-electron chi connectivity index (χ3n) is 5.04. The molecule has 1 aliphatic rings. The third-order valence-corrected chi connectivity index (χ3v) is 7.63. The van der Waals surface area contributed by atoms with Crippen LogP contribution in [0, 0.1) is 0 Å². The van der Waals surface area contributed by atoms with Crippen molar-refractivity contribution in [2.75, 3.05) is 6.54 Å². The molecule has 1 heterocycles. The van der Waals surface area contributed by atoms with Crippen LogP contribution in [-0.2, 0) is 37.1 Å². The molecule has 0 aliphatic carbocycles. The zero-order valence-electron chi connectivity index (χ0n) is 16.4. The summed E-state index contributed by atoms with van der Waals surface area (Å²) in [6, 6.07) is 11.5. The zero-order valence-corrected chi connectivity index (χ0v) is 18.0. The van der Waals surface area contributed by atoms with E-state index in [-0.39, 0.29) is 29.2 Å². The number of carboxylic acid groups (broad SMARTS) is 1. The summed E-state index contributed by atoms with van der Waals surface area (Å²) in [5.74, 6) is -1.88. The molecule has 0 bridgehead atoms. The van der Waals surface area contributed by atoms with Gasteiger partial charge in [0.05, 0.1) is 9.79 Å². The van der Waals surface area contributed by atoms with Crippen molar-refractivity contribution in [2.45, 2.75) is 41.1 Å². The van der Waals surface area contributed by atoms with Gasteiger partial charge in [-0.2, -0.15) is 4.31 Å². The number of aliphatic carboxylic acids is 1. The molecular weight excluding hydrogens is 444 g/mol. The van der Waals surface area contributed by atoms with Crippen molar-refractivity contribution in [1.82, 2.24) is 9.62 Å². The molecule has 166 valence electrons. The number of hydrogen-bond donors (Lipinski definition) is 3. The minimum atomic E-state index is -4.05. The largest absolute Gasteiger partial charge is 0.480 e. The average Bonchev–Trinajstić information content (AvgIpc) is 3.25. The number of rotatable bonds is 8. The molecular formula is C20H22N2O7S2. The van der Waals surface area contributed by atoms with Gasteiger partial charge in [0.1, 0.15) is 12.1 Å². The summed E-state index contributed by atoms with van der Waals surface area (Å²) in [4.78, 5) is 24.4. The van der Waals surface area contributed by atoms with Gasteiger partial charge in [-0.3, -0.25) is 4.79 Å². The van der Waals surface area contributed by atoms with Gasteiger partial charge in [-0.1, -0.05) is 30.3 Å². The van der Waals surface area contributed by atoms with Crippen LogP contribution in [0.5, 0.6) is 0 Å². The highest BCUT2D eigenvalue weighted by Crippen LogP contribution is 2.27. The molecule has 1 aliphatic heterocycles. The van der Waals surface area contributed by atoms with Gasteiger partial charge in [-0.25, -0.2) is 17.4 Å². The van der Waals surface area contributed by atoms with Crippen LogP contribution >= 0.6 is 0 Å². The van der Waals surface area contributed by atoms with E-state index in [2.05, 4.69) is 5.32 Å². The Bertz CT molecular complexity index is 1070. The lowest BCUT2D eigenvalue weighted by atomic mass is 10.1. The molecule has 0 saturated carbocycles. The van der Waals surface area contributed by atoms with E-state index in [1.807, 2.05) is 0 Å². The first-order valence-corrected chi connectivity index (χ1v) is 12.0. The third kappa shape index (κ3) is 5.37. The fraction of sp³-hybridized carbons (Fsp3) is 0.300. The summed E-state index contributed by atoms with van der Waals surface area (Å²) in [5, 5.41) is 12.0. The van der Waals surface area contributed by atoms with Gasteiger partial charge < -0.3 is 15.0 Å². The molecule has 1 saturated heterocycles. The molecule has 9 nitrogen and oxygen atoms in total. The molecule has 1 unspecified atom stereocenters. The number of carbonyl (C=O) groups is 2. The van der Waals surface area contributed by atoms with E-state index in [9.17, 15) is 27.3 Å². The van der Waals surface area contributed by atoms with Crippen LogP contribution < -0.4 is 5.32 Å². The van der Waals surface area contributed by atoms with Gasteiger partial charge in [0.25, 0.3) is 0 Å². The Balaban J connectivity index is 1.77. The molecule has 3 atom stereocenters. The number of nitrogens with zero attached hydrogens (tertiary/aromatic N) is 1. The Hall–Kier alpha value is -2.60. The predicted octanol–water partition coefficient (Wildman–Crippen LogP) is 1.23. The van der Waals surface area contributed by atoms with E-state index in [1.165, 1.54) is 24.3 Å². The Morgan fingerprint density at radius 2 is 1.77 bits per heavy atom. The SMILES string of the molecule is O=C(O)[C@H](Cc1ccccc1)NC(=O)[C@H]1CCCN1S(=O)(=O)c1ccc(S(=O)O)cc1. The predicted molar refractivity (Wildman–Crippen MR) is 112 cm³/mol. The lowest BCUT2D eigenvalue weighted by Crippen LogP contribution is -2.51. The highest BCUT2D eigenvalue weighted by Gasteiger charge is 2.40. The van der Waals surface area contributed by atoms with Gasteiger partial charge >= 0.3 is 5.97 Å². The van der Waals surface area contributed by atoms with Crippen LogP contribution in [0.4, 0.5) is 0 Å². The van der Waals surface area contributed by atoms with Crippen LogP contribution in [0.3, 0.4) is 0 Å². The van der Waals surface area contributed by atoms with Crippen LogP contribution in [-0.4, -0.2) is 57.1 Å². The van der Waals surface area contributed by atoms with E-state index >= 15 is 0 Å². The second kappa shape index (κ2) is 9.69. The average molecular weight is 467 g/mol. The van der Waals surface area contributed by atoms with E-state index < -0.39 is 45.1 Å². The zero-order chi connectivity index (χ0) is 22.6. The molecule has 0 spiro atoms. The van der Waals surface area contributed by atoms with Crippen molar-refractivity contribution < 1.29 is 31.9 Å². The number of sulfonamides is 1. The highest BCUT2D eigenvalue weighted by atomic mass is 32.2. The van der Waals surface area contributed by atoms with E-state index in [1.54, 1.807) is 30.3 Å². The lowest BCUT2D eigenvalue weighted by Gasteiger charge is -2.25. The van der Waals surface area contributed by atoms with Crippen molar-refractivity contribution >= 4 is 33.0 Å². The summed E-state index contributed by atoms with van der Waals surface area (Å²) in [6.07, 6.45) is 0.787. The van der Waals surface area contributed by atoms with Crippen molar-refractivity contribution in [3.63, 3.8) is 0 Å². The fourth-order valence-corrected chi connectivity index (χ4v) is 5.50. The maximum absolute atomic E-state index is 13.0. The number of carbonyl (C=O) groups excluding carboxylic acids is 1. The van der Waals surface area contributed by atoms with Crippen molar-refractivity contribution in [3.05, 3.63) is 60.2 Å². The lowest BCUT2D eigenvalue weighted by molar-refractivity contribution is -0.142. The van der Waals surface area contributed by atoms with Crippen LogP contribution in [0.2, 0.25) is 0 Å². The van der Waals surface area contributed by atoms with Crippen LogP contribution in [0.1, 0.15) is 18.4 Å². The smallest absolute Gasteiger partial charge is 0.326 e. The summed E-state index contributed by atoms with van der Waals surface area (Å²) in [5.41, 5.74) is 0.729. The van der Waals surface area contributed by atoms with E-state index in [0.717, 1.165) is 9.87 Å². The van der Waals surface area contributed by atoms with Crippen LogP contribution in [0.15, 0.2) is 64.4 Å². The van der Waals surface area contributed by atoms with Gasteiger partial charge in [0.2, 0.25) is 15.9 Å². The number of amides is 1. The molecule has 31 heavy (non-hydrogen) atoms. The molecule has 3 rings (SSSR count). The standard InChI is InChI=1S/C20H22N2O7S2/c23-19(21-17(20(24)25)13-14-5-2-1-3-6-14)18-7-4-12-22(18)31(28,29)16-10-8-15(9-11-16)30(26)27/h1-3,5-6,8-11,17-18H,4,7,12-13H2,(H,21,23)(H,24,25)(H,26,27)/t17-,18+/m0/s1. The van der Waals surface area contributed by atoms with Crippen LogP contribution in [0.25, 0.3) is 0 Å². The summed E-state index contributed by atoms with van der Waals surface area (Å²) < 4.78 is 47.3. The Kier molecular flexibility index (Phi) is 7.21. The first kappa shape index (κ1) is 23.1. The Labute approximate surface area is 182 Å². The van der Waals surface area contributed by atoms with E-state index in [4.69, 9.17) is 4.55 Å². The van der Waals surface area contributed by atoms with Gasteiger partial charge in [0, 0.05) is 13.0 Å². The van der Waals surface area contributed by atoms with Crippen molar-refractivity contribution in [2.24, 2.45) is 0 Å². The number of hydrogen-bond acceptors (Lipinski definition) is 5. The second-order valence-electron chi connectivity index (χ2n) is 7.08. The van der Waals surface area contributed by atoms with E-state index in [0.29, 0.717) is 6.42 Å². The summed E-state index contributed by atoms with van der Waals surface area (Å²) in [6.45, 7) is 0.116. The minimum Gasteiger partial charge on any atom is -0.480 e. The number of carboxylic acids is 1. The first-order valence-electron chi connectivity index (χ1n) is 9.50. The molecule has 3 N–H and O–H groups in total. The molecule has 2 aromatic carbocycles. The number of nitrogens with one attached hydrogen (secondary N) is 1. The molecule has 0 radical (unpaired) electrons. The maximum atomic E-state index is 13.0. The Morgan fingerprint density at radius 1 is 1.13 bits per heavy atom. The maximum Gasteiger partial charge on any atom is 0.326 e. The van der Waals surface area contributed by atoms with Gasteiger partial charge in [0.15, 0.2) is 11.1 Å². The van der Waals surface area contributed by atoms with Gasteiger partial charge in [-0.15, -0.1) is 0 Å². The fourth-order valence-electron chi connectivity index (χ4n) is 3.47. The summed E-state index contributed by atoms with van der Waals surface area (Å²) in [7, 11) is -4.05. The first-order chi connectivity index (χ1) is 14.7. The second-order valence-corrected chi connectivity index (χ2v) is 9.94. The normalized spacial score (nSPS) is 18.9. The molecule has 2 aromatic rings. The van der Waals surface area contributed by atoms with Gasteiger partial charge in [-0.05, 0) is 42.7 Å².